The predicted molar refractivity (Wildman–Crippen MR) is 115 cm³/mol. The third-order valence-electron chi connectivity index (χ3n) is 5.97. The maximum Gasteiger partial charge on any atom is 0.274 e. The van der Waals surface area contributed by atoms with Crippen LogP contribution in [0, 0.1) is 0 Å². The lowest BCUT2D eigenvalue weighted by Gasteiger charge is -2.42. The molecule has 0 aliphatic carbocycles. The fourth-order valence-corrected chi connectivity index (χ4v) is 3.97. The number of methoxy groups -OCH3 is 1. The van der Waals surface area contributed by atoms with Gasteiger partial charge in [-0.05, 0) is 45.5 Å². The van der Waals surface area contributed by atoms with E-state index in [0.717, 1.165) is 17.8 Å². The van der Waals surface area contributed by atoms with E-state index >= 15 is 0 Å². The van der Waals surface area contributed by atoms with Gasteiger partial charge in [-0.15, -0.1) is 0 Å². The van der Waals surface area contributed by atoms with Gasteiger partial charge < -0.3 is 9.64 Å². The molecule has 4 rings (SSSR count). The highest BCUT2D eigenvalue weighted by Crippen LogP contribution is 2.28. The lowest BCUT2D eigenvalue weighted by molar-refractivity contribution is 0.0409. The molecule has 0 radical (unpaired) electrons. The lowest BCUT2D eigenvalue weighted by atomic mass is 10.1. The number of carbonyl (C=O) groups is 1. The molecule has 2 aromatic heterocycles. The molecule has 3 atom stereocenters. The molecule has 0 spiro atoms. The molecule has 3 unspecified atom stereocenters. The zero-order chi connectivity index (χ0) is 21.3. The summed E-state index contributed by atoms with van der Waals surface area (Å²) < 4.78 is 6.95. The molecule has 0 saturated carbocycles. The summed E-state index contributed by atoms with van der Waals surface area (Å²) in [7, 11) is 3.69. The Hall–Kier alpha value is -3.00. The number of likely N-dealkylation sites (N-methyl/N-ethyl adjacent to an activating group) is 1. The molecule has 2 aliphatic rings. The summed E-state index contributed by atoms with van der Waals surface area (Å²) >= 11 is 0. The summed E-state index contributed by atoms with van der Waals surface area (Å²) in [6.07, 6.45) is 8.27. The van der Waals surface area contributed by atoms with Crippen molar-refractivity contribution in [3.8, 4) is 11.6 Å². The number of amides is 1. The van der Waals surface area contributed by atoms with E-state index in [9.17, 15) is 4.79 Å². The number of ether oxygens (including phenoxy) is 1. The number of rotatable bonds is 4. The van der Waals surface area contributed by atoms with Gasteiger partial charge in [0, 0.05) is 37.5 Å². The number of aromatic nitrogens is 3. The summed E-state index contributed by atoms with van der Waals surface area (Å²) in [5.74, 6) is 0.487. The molecule has 0 aromatic carbocycles. The number of carbonyl (C=O) groups excluding carboxylic acids is 1. The Balaban J connectivity index is 1.68. The Morgan fingerprint density at radius 3 is 2.57 bits per heavy atom. The Kier molecular flexibility index (Phi) is 5.67. The van der Waals surface area contributed by atoms with Crippen molar-refractivity contribution in [1.82, 2.24) is 24.6 Å². The quantitative estimate of drug-likeness (QED) is 0.777. The van der Waals surface area contributed by atoms with E-state index in [1.165, 1.54) is 0 Å². The van der Waals surface area contributed by atoms with Crippen molar-refractivity contribution in [1.29, 1.82) is 0 Å². The predicted octanol–water partition coefficient (Wildman–Crippen LogP) is 2.51. The zero-order valence-corrected chi connectivity index (χ0v) is 17.9. The zero-order valence-electron chi connectivity index (χ0n) is 17.9. The maximum absolute atomic E-state index is 13.3. The van der Waals surface area contributed by atoms with Crippen molar-refractivity contribution in [3.05, 3.63) is 47.9 Å². The average molecular weight is 409 g/mol. The van der Waals surface area contributed by atoms with Gasteiger partial charge in [-0.25, -0.2) is 9.67 Å². The van der Waals surface area contributed by atoms with Crippen LogP contribution in [-0.4, -0.2) is 76.0 Å². The van der Waals surface area contributed by atoms with Crippen LogP contribution in [0.5, 0.6) is 5.88 Å². The van der Waals surface area contributed by atoms with Crippen LogP contribution in [0.2, 0.25) is 0 Å². The lowest BCUT2D eigenvalue weighted by Crippen LogP contribution is -2.56. The number of piperazine rings is 1. The first-order valence-electron chi connectivity index (χ1n) is 10.3. The molecule has 4 heterocycles. The third kappa shape index (κ3) is 3.87. The number of nitrogens with zero attached hydrogens (tertiary/aromatic N) is 6. The first-order chi connectivity index (χ1) is 14.5. The average Bonchev–Trinajstić information content (AvgIpc) is 3.22. The van der Waals surface area contributed by atoms with Crippen LogP contribution in [0.3, 0.4) is 0 Å². The molecular weight excluding hydrogens is 380 g/mol. The largest absolute Gasteiger partial charge is 0.481 e. The second-order valence-corrected chi connectivity index (χ2v) is 7.98. The van der Waals surface area contributed by atoms with Gasteiger partial charge >= 0.3 is 0 Å². The summed E-state index contributed by atoms with van der Waals surface area (Å²) in [4.78, 5) is 26.4. The summed E-state index contributed by atoms with van der Waals surface area (Å²) in [5, 5.41) is 4.69. The first-order valence-corrected chi connectivity index (χ1v) is 10.3. The summed E-state index contributed by atoms with van der Waals surface area (Å²) in [6, 6.07) is 6.07. The topological polar surface area (TPSA) is 75.9 Å². The summed E-state index contributed by atoms with van der Waals surface area (Å²) in [5.41, 5.74) is 2.09. The molecule has 8 heteroatoms. The molecule has 2 aromatic rings. The van der Waals surface area contributed by atoms with Crippen molar-refractivity contribution in [2.75, 3.05) is 27.2 Å². The molecular formula is C22H28N6O2. The fourth-order valence-electron chi connectivity index (χ4n) is 3.97. The standard InChI is InChI=1S/C22H28N6O2/c1-15-13-27(14-16(2)26(15)3)22(29)19-11-20(18-7-5-6-10-23-18)28(25-19)17-8-9-21(30-4)24-12-17/h5-6,8-12,15-16,18H,7,13-14H2,1-4H3. The van der Waals surface area contributed by atoms with Gasteiger partial charge in [0.15, 0.2) is 5.69 Å². The van der Waals surface area contributed by atoms with Crippen LogP contribution in [0.4, 0.5) is 0 Å². The fraction of sp³-hybridized carbons (Fsp3) is 0.455. The maximum atomic E-state index is 13.3. The minimum absolute atomic E-state index is 0.0430. The highest BCUT2D eigenvalue weighted by atomic mass is 16.5. The molecule has 30 heavy (non-hydrogen) atoms. The molecule has 0 N–H and O–H groups in total. The van der Waals surface area contributed by atoms with E-state index in [2.05, 4.69) is 46.9 Å². The molecule has 158 valence electrons. The highest BCUT2D eigenvalue weighted by molar-refractivity contribution is 5.92. The molecule has 2 aliphatic heterocycles. The van der Waals surface area contributed by atoms with Gasteiger partial charge in [0.25, 0.3) is 5.91 Å². The van der Waals surface area contributed by atoms with E-state index in [4.69, 9.17) is 4.74 Å². The monoisotopic (exact) mass is 408 g/mol. The van der Waals surface area contributed by atoms with E-state index < -0.39 is 0 Å². The Morgan fingerprint density at radius 2 is 1.97 bits per heavy atom. The number of hydrogen-bond donors (Lipinski definition) is 0. The van der Waals surface area contributed by atoms with Crippen LogP contribution in [-0.2, 0) is 0 Å². The van der Waals surface area contributed by atoms with E-state index in [-0.39, 0.29) is 11.9 Å². The van der Waals surface area contributed by atoms with Crippen molar-refractivity contribution in [2.45, 2.75) is 38.4 Å². The third-order valence-corrected chi connectivity index (χ3v) is 5.97. The molecule has 1 fully saturated rings. The van der Waals surface area contributed by atoms with Crippen LogP contribution < -0.4 is 4.74 Å². The molecule has 1 saturated heterocycles. The molecule has 8 nitrogen and oxygen atoms in total. The minimum Gasteiger partial charge on any atom is -0.481 e. The Labute approximate surface area is 176 Å². The molecule has 1 amide bonds. The van der Waals surface area contributed by atoms with Crippen molar-refractivity contribution >= 4 is 12.1 Å². The van der Waals surface area contributed by atoms with E-state index in [1.807, 2.05) is 23.1 Å². The Morgan fingerprint density at radius 1 is 1.20 bits per heavy atom. The number of dihydropyridines is 1. The number of aliphatic imine (C=N–C) groups is 1. The van der Waals surface area contributed by atoms with Crippen molar-refractivity contribution < 1.29 is 9.53 Å². The van der Waals surface area contributed by atoms with E-state index in [1.54, 1.807) is 30.3 Å². The second kappa shape index (κ2) is 8.39. The minimum atomic E-state index is -0.0866. The van der Waals surface area contributed by atoms with Gasteiger partial charge in [-0.1, -0.05) is 6.08 Å². The number of pyridine rings is 1. The van der Waals surface area contributed by atoms with E-state index in [0.29, 0.717) is 36.7 Å². The molecule has 0 bridgehead atoms. The second-order valence-electron chi connectivity index (χ2n) is 7.98. The highest BCUT2D eigenvalue weighted by Gasteiger charge is 2.32. The Bertz CT molecular complexity index is 953. The van der Waals surface area contributed by atoms with Crippen molar-refractivity contribution in [3.63, 3.8) is 0 Å². The summed E-state index contributed by atoms with van der Waals surface area (Å²) in [6.45, 7) is 5.67. The smallest absolute Gasteiger partial charge is 0.274 e. The van der Waals surface area contributed by atoms with Gasteiger partial charge in [0.1, 0.15) is 0 Å². The van der Waals surface area contributed by atoms with Crippen LogP contribution in [0.25, 0.3) is 5.69 Å². The van der Waals surface area contributed by atoms with Gasteiger partial charge in [0.05, 0.1) is 30.7 Å². The number of allylic oxidation sites excluding steroid dienone is 1. The SMILES string of the molecule is COc1ccc(-n2nc(C(=O)N3CC(C)N(C)C(C)C3)cc2C2CC=CC=N2)cn1. The number of hydrogen-bond acceptors (Lipinski definition) is 6. The van der Waals surface area contributed by atoms with Crippen LogP contribution >= 0.6 is 0 Å². The van der Waals surface area contributed by atoms with Crippen molar-refractivity contribution in [2.24, 2.45) is 4.99 Å². The van der Waals surface area contributed by atoms with Gasteiger partial charge in [-0.3, -0.25) is 14.7 Å². The normalized spacial score (nSPS) is 24.3. The van der Waals surface area contributed by atoms with Crippen LogP contribution in [0.1, 0.15) is 42.5 Å². The van der Waals surface area contributed by atoms with Crippen LogP contribution in [0.15, 0.2) is 41.5 Å². The van der Waals surface area contributed by atoms with Gasteiger partial charge in [-0.2, -0.15) is 5.10 Å². The van der Waals surface area contributed by atoms with Gasteiger partial charge in [0.2, 0.25) is 5.88 Å². The first kappa shape index (κ1) is 20.3.